The Balaban J connectivity index is 2.26. The molecular weight excluding hydrogens is 200 g/mol. The second-order valence-electron chi connectivity index (χ2n) is 2.84. The molecule has 74 valence electrons. The highest BCUT2D eigenvalue weighted by Crippen LogP contribution is 2.18. The first-order valence-electron chi connectivity index (χ1n) is 4.29. The Hall–Kier alpha value is -1.27. The van der Waals surface area contributed by atoms with E-state index in [1.807, 2.05) is 12.3 Å². The summed E-state index contributed by atoms with van der Waals surface area (Å²) >= 11 is 1.49. The molecule has 0 bridgehead atoms. The van der Waals surface area contributed by atoms with E-state index in [-0.39, 0.29) is 6.04 Å². The molecule has 5 nitrogen and oxygen atoms in total. The van der Waals surface area contributed by atoms with Crippen molar-refractivity contribution in [2.75, 3.05) is 0 Å². The lowest BCUT2D eigenvalue weighted by molar-refractivity contribution is 0.352. The van der Waals surface area contributed by atoms with Crippen molar-refractivity contribution in [3.8, 4) is 11.5 Å². The number of hydrogen-bond acceptors (Lipinski definition) is 6. The Labute approximate surface area is 85.0 Å². The molecule has 0 aliphatic heterocycles. The van der Waals surface area contributed by atoms with Gasteiger partial charge in [0.1, 0.15) is 5.69 Å². The van der Waals surface area contributed by atoms with Crippen LogP contribution < -0.4 is 5.73 Å². The number of rotatable bonds is 3. The topological polar surface area (TPSA) is 77.8 Å². The first kappa shape index (κ1) is 9.29. The normalized spacial score (nSPS) is 13.0. The number of nitrogens with zero attached hydrogens (tertiary/aromatic N) is 3. The number of aromatic nitrogens is 3. The SMILES string of the molecule is CC[C@@H](N)c1nc(-c2cscn2)no1. The first-order valence-corrected chi connectivity index (χ1v) is 5.23. The van der Waals surface area contributed by atoms with Crippen LogP contribution in [0.15, 0.2) is 15.4 Å². The van der Waals surface area contributed by atoms with Gasteiger partial charge < -0.3 is 10.3 Å². The second-order valence-corrected chi connectivity index (χ2v) is 3.56. The lowest BCUT2D eigenvalue weighted by atomic mass is 10.2. The molecule has 14 heavy (non-hydrogen) atoms. The van der Waals surface area contributed by atoms with E-state index < -0.39 is 0 Å². The molecule has 0 aliphatic carbocycles. The van der Waals surface area contributed by atoms with Gasteiger partial charge in [-0.3, -0.25) is 0 Å². The standard InChI is InChI=1S/C8H10N4OS/c1-2-5(9)8-11-7(12-13-8)6-3-14-4-10-6/h3-5H,2,9H2,1H3/t5-/m1/s1. The Morgan fingerprint density at radius 3 is 3.14 bits per heavy atom. The van der Waals surface area contributed by atoms with Crippen LogP contribution in [0.1, 0.15) is 25.3 Å². The average molecular weight is 210 g/mol. The van der Waals surface area contributed by atoms with E-state index in [1.165, 1.54) is 11.3 Å². The minimum absolute atomic E-state index is 0.185. The fourth-order valence-corrected chi connectivity index (χ4v) is 1.52. The maximum atomic E-state index is 5.75. The van der Waals surface area contributed by atoms with Gasteiger partial charge in [0.15, 0.2) is 0 Å². The van der Waals surface area contributed by atoms with E-state index in [4.69, 9.17) is 10.3 Å². The van der Waals surface area contributed by atoms with Gasteiger partial charge >= 0.3 is 0 Å². The lowest BCUT2D eigenvalue weighted by Crippen LogP contribution is -2.08. The summed E-state index contributed by atoms with van der Waals surface area (Å²) in [4.78, 5) is 8.24. The molecule has 0 unspecified atom stereocenters. The third-order valence-electron chi connectivity index (χ3n) is 1.86. The summed E-state index contributed by atoms with van der Waals surface area (Å²) in [7, 11) is 0. The van der Waals surface area contributed by atoms with Gasteiger partial charge in [0, 0.05) is 5.38 Å². The van der Waals surface area contributed by atoms with Crippen molar-refractivity contribution in [1.29, 1.82) is 0 Å². The third kappa shape index (κ3) is 1.66. The van der Waals surface area contributed by atoms with Crippen molar-refractivity contribution in [3.63, 3.8) is 0 Å². The van der Waals surface area contributed by atoms with Gasteiger partial charge in [0.25, 0.3) is 0 Å². The summed E-state index contributed by atoms with van der Waals surface area (Å²) in [5.74, 6) is 0.973. The summed E-state index contributed by atoms with van der Waals surface area (Å²) < 4.78 is 5.02. The fourth-order valence-electron chi connectivity index (χ4n) is 0.987. The Kier molecular flexibility index (Phi) is 2.55. The molecule has 2 aromatic rings. The van der Waals surface area contributed by atoms with E-state index >= 15 is 0 Å². The van der Waals surface area contributed by atoms with Crippen LogP contribution in [0, 0.1) is 0 Å². The molecular formula is C8H10N4OS. The molecule has 0 spiro atoms. The monoisotopic (exact) mass is 210 g/mol. The van der Waals surface area contributed by atoms with E-state index in [9.17, 15) is 0 Å². The molecule has 2 aromatic heterocycles. The molecule has 0 amide bonds. The lowest BCUT2D eigenvalue weighted by Gasteiger charge is -1.98. The van der Waals surface area contributed by atoms with Gasteiger partial charge in [0.05, 0.1) is 11.6 Å². The molecule has 2 N–H and O–H groups in total. The first-order chi connectivity index (χ1) is 6.81. The highest BCUT2D eigenvalue weighted by Gasteiger charge is 2.14. The molecule has 1 atom stereocenters. The van der Waals surface area contributed by atoms with E-state index in [1.54, 1.807) is 5.51 Å². The molecule has 0 radical (unpaired) electrons. The summed E-state index contributed by atoms with van der Waals surface area (Å²) in [6.07, 6.45) is 0.776. The zero-order valence-electron chi connectivity index (χ0n) is 7.67. The maximum absolute atomic E-state index is 5.75. The summed E-state index contributed by atoms with van der Waals surface area (Å²) in [5, 5.41) is 5.67. The van der Waals surface area contributed by atoms with Crippen molar-refractivity contribution in [2.45, 2.75) is 19.4 Å². The largest absolute Gasteiger partial charge is 0.337 e. The highest BCUT2D eigenvalue weighted by atomic mass is 32.1. The molecule has 0 saturated heterocycles. The van der Waals surface area contributed by atoms with Crippen molar-refractivity contribution < 1.29 is 4.52 Å². The Morgan fingerprint density at radius 1 is 1.64 bits per heavy atom. The van der Waals surface area contributed by atoms with Gasteiger partial charge in [-0.2, -0.15) is 4.98 Å². The zero-order valence-corrected chi connectivity index (χ0v) is 8.49. The fraction of sp³-hybridized carbons (Fsp3) is 0.375. The summed E-state index contributed by atoms with van der Waals surface area (Å²) in [6, 6.07) is -0.185. The Morgan fingerprint density at radius 2 is 2.50 bits per heavy atom. The number of nitrogens with two attached hydrogens (primary N) is 1. The second kappa shape index (κ2) is 3.85. The molecule has 0 fully saturated rings. The van der Waals surface area contributed by atoms with Gasteiger partial charge in [-0.05, 0) is 6.42 Å². The van der Waals surface area contributed by atoms with Crippen molar-refractivity contribution >= 4 is 11.3 Å². The van der Waals surface area contributed by atoms with Crippen molar-refractivity contribution in [3.05, 3.63) is 16.8 Å². The number of hydrogen-bond donors (Lipinski definition) is 1. The van der Waals surface area contributed by atoms with Gasteiger partial charge in [-0.15, -0.1) is 11.3 Å². The maximum Gasteiger partial charge on any atom is 0.243 e. The zero-order chi connectivity index (χ0) is 9.97. The van der Waals surface area contributed by atoms with Crippen LogP contribution in [0.25, 0.3) is 11.5 Å². The van der Waals surface area contributed by atoms with Crippen LogP contribution in [-0.2, 0) is 0 Å². The van der Waals surface area contributed by atoms with E-state index in [2.05, 4.69) is 15.1 Å². The summed E-state index contributed by atoms with van der Waals surface area (Å²) in [6.45, 7) is 1.97. The molecule has 2 rings (SSSR count). The van der Waals surface area contributed by atoms with Crippen LogP contribution in [-0.4, -0.2) is 15.1 Å². The third-order valence-corrected chi connectivity index (χ3v) is 2.45. The van der Waals surface area contributed by atoms with Gasteiger partial charge in [0.2, 0.25) is 11.7 Å². The molecule has 0 aliphatic rings. The van der Waals surface area contributed by atoms with Crippen LogP contribution in [0.2, 0.25) is 0 Å². The number of thiazole rings is 1. The van der Waals surface area contributed by atoms with Crippen LogP contribution >= 0.6 is 11.3 Å². The average Bonchev–Trinajstić information content (AvgIpc) is 2.86. The van der Waals surface area contributed by atoms with Gasteiger partial charge in [-0.1, -0.05) is 12.1 Å². The molecule has 2 heterocycles. The predicted octanol–water partition coefficient (Wildman–Crippen LogP) is 1.60. The smallest absolute Gasteiger partial charge is 0.243 e. The minimum atomic E-state index is -0.185. The van der Waals surface area contributed by atoms with E-state index in [0.717, 1.165) is 12.1 Å². The van der Waals surface area contributed by atoms with Crippen LogP contribution in [0.5, 0.6) is 0 Å². The summed E-state index contributed by atoms with van der Waals surface area (Å²) in [5.41, 5.74) is 8.20. The predicted molar refractivity (Wildman–Crippen MR) is 52.6 cm³/mol. The molecule has 0 saturated carbocycles. The molecule has 6 heteroatoms. The Bertz CT molecular complexity index is 397. The van der Waals surface area contributed by atoms with Crippen LogP contribution in [0.4, 0.5) is 0 Å². The van der Waals surface area contributed by atoms with Crippen molar-refractivity contribution in [1.82, 2.24) is 15.1 Å². The van der Waals surface area contributed by atoms with Crippen molar-refractivity contribution in [2.24, 2.45) is 5.73 Å². The van der Waals surface area contributed by atoms with E-state index in [0.29, 0.717) is 11.7 Å². The van der Waals surface area contributed by atoms with Gasteiger partial charge in [-0.25, -0.2) is 4.98 Å². The van der Waals surface area contributed by atoms with Crippen LogP contribution in [0.3, 0.4) is 0 Å². The highest BCUT2D eigenvalue weighted by molar-refractivity contribution is 7.07. The molecule has 0 aromatic carbocycles. The minimum Gasteiger partial charge on any atom is -0.337 e. The quantitative estimate of drug-likeness (QED) is 0.832.